The summed E-state index contributed by atoms with van der Waals surface area (Å²) in [6, 6.07) is 9.95. The van der Waals surface area contributed by atoms with Crippen molar-refractivity contribution in [3.8, 4) is 0 Å². The van der Waals surface area contributed by atoms with Crippen LogP contribution < -0.4 is 0 Å². The van der Waals surface area contributed by atoms with Gasteiger partial charge in [0, 0.05) is 5.39 Å². The van der Waals surface area contributed by atoms with Crippen LogP contribution in [0, 0.1) is 17.8 Å². The third kappa shape index (κ3) is 1.37. The van der Waals surface area contributed by atoms with E-state index in [1.807, 2.05) is 30.3 Å². The molecule has 1 heterocycles. The van der Waals surface area contributed by atoms with Gasteiger partial charge in [0.2, 0.25) is 0 Å². The zero-order valence-corrected chi connectivity index (χ0v) is 9.67. The SMILES string of the molecule is OC(c1cc2ccccc2o1)C1C2CCCC21. The Balaban J connectivity index is 1.65. The minimum absolute atomic E-state index is 0.391. The van der Waals surface area contributed by atoms with E-state index in [1.54, 1.807) is 0 Å². The normalized spacial score (nSPS) is 32.6. The first-order valence-electron chi connectivity index (χ1n) is 6.51. The monoisotopic (exact) mass is 228 g/mol. The summed E-state index contributed by atoms with van der Waals surface area (Å²) >= 11 is 0. The largest absolute Gasteiger partial charge is 0.458 e. The van der Waals surface area contributed by atoms with E-state index in [-0.39, 0.29) is 0 Å². The van der Waals surface area contributed by atoms with E-state index in [4.69, 9.17) is 4.42 Å². The zero-order chi connectivity index (χ0) is 11.4. The highest BCUT2D eigenvalue weighted by Gasteiger charge is 2.56. The molecule has 2 saturated carbocycles. The van der Waals surface area contributed by atoms with Crippen LogP contribution in [0.1, 0.15) is 31.1 Å². The molecule has 2 aliphatic carbocycles. The Labute approximate surface area is 100 Å². The number of furan rings is 1. The van der Waals surface area contributed by atoms with Crippen LogP contribution in [0.3, 0.4) is 0 Å². The summed E-state index contributed by atoms with van der Waals surface area (Å²) in [5.74, 6) is 2.74. The van der Waals surface area contributed by atoms with Gasteiger partial charge in [0.05, 0.1) is 0 Å². The van der Waals surface area contributed by atoms with Gasteiger partial charge < -0.3 is 9.52 Å². The molecule has 2 aromatic rings. The highest BCUT2D eigenvalue weighted by Crippen LogP contribution is 2.62. The van der Waals surface area contributed by atoms with Crippen molar-refractivity contribution in [2.24, 2.45) is 17.8 Å². The molecule has 2 nitrogen and oxygen atoms in total. The smallest absolute Gasteiger partial charge is 0.134 e. The van der Waals surface area contributed by atoms with Gasteiger partial charge in [0.25, 0.3) is 0 Å². The van der Waals surface area contributed by atoms with Crippen molar-refractivity contribution in [1.29, 1.82) is 0 Å². The fourth-order valence-corrected chi connectivity index (χ4v) is 3.68. The second kappa shape index (κ2) is 3.36. The van der Waals surface area contributed by atoms with Crippen LogP contribution in [0.2, 0.25) is 0 Å². The molecule has 0 spiro atoms. The summed E-state index contributed by atoms with van der Waals surface area (Å²) in [7, 11) is 0. The minimum Gasteiger partial charge on any atom is -0.458 e. The standard InChI is InChI=1S/C15H16O2/c16-15(14-10-5-3-6-11(10)14)13-8-9-4-1-2-7-12(9)17-13/h1-2,4,7-8,10-11,14-16H,3,5-6H2. The van der Waals surface area contributed by atoms with Gasteiger partial charge in [0.15, 0.2) is 0 Å². The molecule has 3 unspecified atom stereocenters. The average Bonchev–Trinajstić information content (AvgIpc) is 2.77. The quantitative estimate of drug-likeness (QED) is 0.853. The van der Waals surface area contributed by atoms with Gasteiger partial charge in [-0.1, -0.05) is 24.6 Å². The molecule has 2 heteroatoms. The Bertz CT molecular complexity index is 514. The molecule has 17 heavy (non-hydrogen) atoms. The molecule has 2 fully saturated rings. The molecule has 0 radical (unpaired) electrons. The van der Waals surface area contributed by atoms with Crippen molar-refractivity contribution in [2.45, 2.75) is 25.4 Å². The molecular formula is C15H16O2. The summed E-state index contributed by atoms with van der Waals surface area (Å²) in [5, 5.41) is 11.5. The van der Waals surface area contributed by atoms with Crippen LogP contribution >= 0.6 is 0 Å². The van der Waals surface area contributed by atoms with Gasteiger partial charge in [-0.3, -0.25) is 0 Å². The van der Waals surface area contributed by atoms with E-state index in [2.05, 4.69) is 0 Å². The summed E-state index contributed by atoms with van der Waals surface area (Å²) < 4.78 is 5.75. The minimum atomic E-state index is -0.391. The van der Waals surface area contributed by atoms with Crippen molar-refractivity contribution in [3.63, 3.8) is 0 Å². The molecule has 3 atom stereocenters. The van der Waals surface area contributed by atoms with Gasteiger partial charge in [0.1, 0.15) is 17.4 Å². The first-order chi connectivity index (χ1) is 8.34. The summed E-state index contributed by atoms with van der Waals surface area (Å²) in [6.45, 7) is 0. The lowest BCUT2D eigenvalue weighted by molar-refractivity contribution is 0.114. The van der Waals surface area contributed by atoms with Gasteiger partial charge in [-0.05, 0) is 42.7 Å². The van der Waals surface area contributed by atoms with E-state index in [9.17, 15) is 5.11 Å². The molecule has 4 rings (SSSR count). The van der Waals surface area contributed by atoms with Crippen molar-refractivity contribution in [1.82, 2.24) is 0 Å². The Kier molecular flexibility index (Phi) is 1.92. The highest BCUT2D eigenvalue weighted by atomic mass is 16.4. The van der Waals surface area contributed by atoms with Crippen LogP contribution in [0.4, 0.5) is 0 Å². The van der Waals surface area contributed by atoms with Gasteiger partial charge in [-0.25, -0.2) is 0 Å². The Morgan fingerprint density at radius 1 is 1.18 bits per heavy atom. The maximum Gasteiger partial charge on any atom is 0.134 e. The van der Waals surface area contributed by atoms with Gasteiger partial charge >= 0.3 is 0 Å². The summed E-state index contributed by atoms with van der Waals surface area (Å²) in [6.07, 6.45) is 3.55. The second-order valence-electron chi connectivity index (χ2n) is 5.47. The molecule has 1 aromatic carbocycles. The molecule has 0 aliphatic heterocycles. The number of para-hydroxylation sites is 1. The van der Waals surface area contributed by atoms with Crippen molar-refractivity contribution in [2.75, 3.05) is 0 Å². The maximum absolute atomic E-state index is 10.4. The number of fused-ring (bicyclic) bond motifs is 2. The lowest BCUT2D eigenvalue weighted by Crippen LogP contribution is -2.02. The average molecular weight is 228 g/mol. The lowest BCUT2D eigenvalue weighted by atomic mass is 10.0. The molecule has 0 bridgehead atoms. The van der Waals surface area contributed by atoms with Crippen LogP contribution in [-0.4, -0.2) is 5.11 Å². The van der Waals surface area contributed by atoms with Crippen molar-refractivity contribution >= 4 is 11.0 Å². The van der Waals surface area contributed by atoms with E-state index < -0.39 is 6.10 Å². The van der Waals surface area contributed by atoms with E-state index >= 15 is 0 Å². The second-order valence-corrected chi connectivity index (χ2v) is 5.47. The number of hydrogen-bond acceptors (Lipinski definition) is 2. The van der Waals surface area contributed by atoms with E-state index in [0.29, 0.717) is 5.92 Å². The Hall–Kier alpha value is -1.28. The fourth-order valence-electron chi connectivity index (χ4n) is 3.68. The third-order valence-electron chi connectivity index (χ3n) is 4.57. The predicted molar refractivity (Wildman–Crippen MR) is 65.5 cm³/mol. The van der Waals surface area contributed by atoms with Crippen LogP contribution in [0.15, 0.2) is 34.7 Å². The fraction of sp³-hybridized carbons (Fsp3) is 0.467. The van der Waals surface area contributed by atoms with Gasteiger partial charge in [-0.2, -0.15) is 0 Å². The molecule has 88 valence electrons. The maximum atomic E-state index is 10.4. The molecule has 0 saturated heterocycles. The van der Waals surface area contributed by atoms with E-state index in [0.717, 1.165) is 28.6 Å². The Morgan fingerprint density at radius 2 is 1.94 bits per heavy atom. The summed E-state index contributed by atoms with van der Waals surface area (Å²) in [5.41, 5.74) is 0.882. The van der Waals surface area contributed by atoms with Gasteiger partial charge in [-0.15, -0.1) is 0 Å². The van der Waals surface area contributed by atoms with Crippen LogP contribution in [0.5, 0.6) is 0 Å². The number of aliphatic hydroxyl groups is 1. The van der Waals surface area contributed by atoms with Crippen LogP contribution in [-0.2, 0) is 0 Å². The van der Waals surface area contributed by atoms with E-state index in [1.165, 1.54) is 19.3 Å². The van der Waals surface area contributed by atoms with Crippen LogP contribution in [0.25, 0.3) is 11.0 Å². The molecular weight excluding hydrogens is 212 g/mol. The number of benzene rings is 1. The highest BCUT2D eigenvalue weighted by molar-refractivity contribution is 5.77. The Morgan fingerprint density at radius 3 is 2.71 bits per heavy atom. The zero-order valence-electron chi connectivity index (χ0n) is 9.67. The molecule has 0 amide bonds. The van der Waals surface area contributed by atoms with Crippen molar-refractivity contribution < 1.29 is 9.52 Å². The summed E-state index contributed by atoms with van der Waals surface area (Å²) in [4.78, 5) is 0. The lowest BCUT2D eigenvalue weighted by Gasteiger charge is -2.09. The number of hydrogen-bond donors (Lipinski definition) is 1. The van der Waals surface area contributed by atoms with Crippen molar-refractivity contribution in [3.05, 3.63) is 36.1 Å². The number of rotatable bonds is 2. The number of aliphatic hydroxyl groups excluding tert-OH is 1. The third-order valence-corrected chi connectivity index (χ3v) is 4.57. The molecule has 2 aliphatic rings. The topological polar surface area (TPSA) is 33.4 Å². The molecule has 1 N–H and O–H groups in total. The molecule has 1 aromatic heterocycles. The predicted octanol–water partition coefficient (Wildman–Crippen LogP) is 3.51. The first kappa shape index (κ1) is 9.72. The first-order valence-corrected chi connectivity index (χ1v) is 6.51.